The molecule has 2 heterocycles. The summed E-state index contributed by atoms with van der Waals surface area (Å²) in [5, 5.41) is 0. The van der Waals surface area contributed by atoms with Crippen LogP contribution in [0.25, 0.3) is 10.4 Å². The van der Waals surface area contributed by atoms with E-state index in [1.807, 2.05) is 0 Å². The molecule has 12 heavy (non-hydrogen) atoms. The van der Waals surface area contributed by atoms with Gasteiger partial charge in [-0.15, -0.1) is 11.3 Å². The lowest BCUT2D eigenvalue weighted by Crippen LogP contribution is -1.71. The Morgan fingerprint density at radius 2 is 2.17 bits per heavy atom. The minimum Gasteiger partial charge on any atom is -0.265 e. The lowest BCUT2D eigenvalue weighted by Gasteiger charge is -1.91. The van der Waals surface area contributed by atoms with Gasteiger partial charge in [0.15, 0.2) is 3.92 Å². The van der Waals surface area contributed by atoms with Crippen LogP contribution in [0.3, 0.4) is 0 Å². The molecule has 0 radical (unpaired) electrons. The van der Waals surface area contributed by atoms with Crippen LogP contribution in [0, 0.1) is 0 Å². The number of rotatable bonds is 1. The average molecular weight is 246 g/mol. The number of halogens is 1. The van der Waals surface area contributed by atoms with Gasteiger partial charge in [0.1, 0.15) is 0 Å². The largest absolute Gasteiger partial charge is 0.265 e. The van der Waals surface area contributed by atoms with Crippen molar-refractivity contribution in [3.63, 3.8) is 0 Å². The first kappa shape index (κ1) is 3.98. The van der Waals surface area contributed by atoms with Gasteiger partial charge in [-0.25, -0.2) is 4.98 Å². The first-order chi connectivity index (χ1) is 7.91. The van der Waals surface area contributed by atoms with Crippen LogP contribution in [0.5, 0.6) is 0 Å². The lowest BCUT2D eigenvalue weighted by atomic mass is 10.2. The smallest absolute Gasteiger partial charge is 0.159 e. The van der Waals surface area contributed by atoms with E-state index in [1.54, 1.807) is 0 Å². The molecule has 2 aromatic rings. The van der Waals surface area contributed by atoms with Crippen LogP contribution >= 0.6 is 27.3 Å². The van der Waals surface area contributed by atoms with Crippen molar-refractivity contribution in [1.29, 1.82) is 0 Å². The minimum absolute atomic E-state index is 0.0724. The van der Waals surface area contributed by atoms with Gasteiger partial charge in [-0.2, -0.15) is 0 Å². The van der Waals surface area contributed by atoms with Crippen LogP contribution in [0.2, 0.25) is 0 Å². The van der Waals surface area contributed by atoms with Gasteiger partial charge < -0.3 is 0 Å². The van der Waals surface area contributed by atoms with Crippen LogP contribution < -0.4 is 0 Å². The van der Waals surface area contributed by atoms with Crippen LogP contribution in [0.4, 0.5) is 0 Å². The molecule has 0 N–H and O–H groups in total. The Kier molecular flexibility index (Phi) is 1.10. The highest BCUT2D eigenvalue weighted by molar-refractivity contribution is 9.11. The molecule has 0 atom stereocenters. The van der Waals surface area contributed by atoms with E-state index in [1.165, 1.54) is 0 Å². The Balaban J connectivity index is 2.79. The number of hydrogen-bond donors (Lipinski definition) is 0. The molecule has 0 saturated carbocycles. The van der Waals surface area contributed by atoms with Crippen LogP contribution in [0.15, 0.2) is 34.5 Å². The second-order valence-corrected chi connectivity index (χ2v) is 4.14. The maximum atomic E-state index is 7.70. The Morgan fingerprint density at radius 1 is 1.42 bits per heavy atom. The zero-order valence-corrected chi connectivity index (χ0v) is 8.08. The van der Waals surface area contributed by atoms with Gasteiger partial charge >= 0.3 is 0 Å². The predicted octanol–water partition coefficient (Wildman–Crippen LogP) is 2.97. The molecule has 0 aliphatic carbocycles. The second-order valence-electron chi connectivity index (χ2n) is 1.87. The number of hydrogen-bond acceptors (Lipinski definition) is 3. The summed E-state index contributed by atoms with van der Waals surface area (Å²) in [6.45, 7) is 0. The SMILES string of the molecule is [2H]c1nc(Br)sc1-c1c([2H])c([2H])nc([2H])c1[2H]. The highest BCUT2D eigenvalue weighted by atomic mass is 79.9. The summed E-state index contributed by atoms with van der Waals surface area (Å²) in [7, 11) is 0. The molecule has 2 aromatic heterocycles. The van der Waals surface area contributed by atoms with Gasteiger partial charge in [0.25, 0.3) is 0 Å². The molecule has 0 unspecified atom stereocenters. The van der Waals surface area contributed by atoms with E-state index in [0.29, 0.717) is 8.79 Å². The molecule has 2 rings (SSSR count). The molecule has 0 bridgehead atoms. The van der Waals surface area contributed by atoms with Crippen molar-refractivity contribution in [3.8, 4) is 10.4 Å². The molecule has 0 fully saturated rings. The highest BCUT2D eigenvalue weighted by Crippen LogP contribution is 2.27. The molecular formula is C8H5BrN2S. The third-order valence-electron chi connectivity index (χ3n) is 1.13. The topological polar surface area (TPSA) is 25.8 Å². The summed E-state index contributed by atoms with van der Waals surface area (Å²) in [5.41, 5.74) is 0.0724. The minimum atomic E-state index is -0.370. The maximum absolute atomic E-state index is 7.70. The fourth-order valence-electron chi connectivity index (χ4n) is 0.672. The zero-order valence-electron chi connectivity index (χ0n) is 10.7. The fraction of sp³-hybridized carbons (Fsp3) is 0. The summed E-state index contributed by atoms with van der Waals surface area (Å²) in [4.78, 5) is 7.59. The van der Waals surface area contributed by atoms with Crippen molar-refractivity contribution in [2.45, 2.75) is 0 Å². The normalized spacial score (nSPS) is 15.9. The molecule has 0 saturated heterocycles. The van der Waals surface area contributed by atoms with Gasteiger partial charge in [0, 0.05) is 18.5 Å². The van der Waals surface area contributed by atoms with Gasteiger partial charge in [-0.05, 0) is 33.6 Å². The van der Waals surface area contributed by atoms with Crippen molar-refractivity contribution >= 4 is 27.3 Å². The standard InChI is InChI=1S/C8H5BrN2S/c9-8-11-5-7(12-8)6-1-3-10-4-2-6/h1-5H/i1D,2D,3D,4D,5D. The Bertz CT molecular complexity index is 574. The van der Waals surface area contributed by atoms with E-state index in [0.717, 1.165) is 11.3 Å². The van der Waals surface area contributed by atoms with Crippen molar-refractivity contribution in [2.24, 2.45) is 0 Å². The maximum Gasteiger partial charge on any atom is 0.159 e. The quantitative estimate of drug-likeness (QED) is 0.773. The van der Waals surface area contributed by atoms with Crippen molar-refractivity contribution in [2.75, 3.05) is 0 Å². The first-order valence-electron chi connectivity index (χ1n) is 5.49. The van der Waals surface area contributed by atoms with Gasteiger partial charge in [-0.1, -0.05) is 0 Å². The van der Waals surface area contributed by atoms with E-state index in [9.17, 15) is 0 Å². The molecular weight excluding hydrogens is 236 g/mol. The van der Waals surface area contributed by atoms with Crippen molar-refractivity contribution in [1.82, 2.24) is 9.97 Å². The summed E-state index contributed by atoms with van der Waals surface area (Å²) < 4.78 is 38.4. The van der Waals surface area contributed by atoms with Gasteiger partial charge in [-0.3, -0.25) is 4.98 Å². The third-order valence-corrected chi connectivity index (χ3v) is 2.55. The Hall–Kier alpha value is -0.740. The molecule has 4 heteroatoms. The molecule has 0 aliphatic heterocycles. The fourth-order valence-corrected chi connectivity index (χ4v) is 1.80. The van der Waals surface area contributed by atoms with Gasteiger partial charge in [0.2, 0.25) is 0 Å². The molecule has 60 valence electrons. The molecule has 0 aliphatic rings. The van der Waals surface area contributed by atoms with Crippen LogP contribution in [-0.2, 0) is 0 Å². The second kappa shape index (κ2) is 3.33. The monoisotopic (exact) mass is 245 g/mol. The Labute approximate surface area is 89.5 Å². The predicted molar refractivity (Wildman–Crippen MR) is 53.0 cm³/mol. The first-order valence-corrected chi connectivity index (χ1v) is 4.60. The summed E-state index contributed by atoms with van der Waals surface area (Å²) in [6.07, 6.45) is -0.816. The molecule has 0 spiro atoms. The Morgan fingerprint density at radius 3 is 2.75 bits per heavy atom. The molecule has 2 nitrogen and oxygen atoms in total. The van der Waals surface area contributed by atoms with Crippen molar-refractivity contribution in [3.05, 3.63) is 34.5 Å². The number of nitrogens with zero attached hydrogens (tertiary/aromatic N) is 2. The number of aromatic nitrogens is 2. The lowest BCUT2D eigenvalue weighted by molar-refractivity contribution is 1.33. The van der Waals surface area contributed by atoms with E-state index in [-0.39, 0.29) is 36.2 Å². The third kappa shape index (κ3) is 1.54. The molecule has 0 amide bonds. The van der Waals surface area contributed by atoms with Crippen LogP contribution in [0.1, 0.15) is 6.85 Å². The van der Waals surface area contributed by atoms with E-state index >= 15 is 0 Å². The van der Waals surface area contributed by atoms with E-state index in [4.69, 9.17) is 6.85 Å². The number of thiazole rings is 1. The highest BCUT2D eigenvalue weighted by Gasteiger charge is 2.00. The van der Waals surface area contributed by atoms with Gasteiger partial charge in [0.05, 0.1) is 11.7 Å². The van der Waals surface area contributed by atoms with E-state index < -0.39 is 0 Å². The zero-order chi connectivity index (χ0) is 12.7. The van der Waals surface area contributed by atoms with Crippen molar-refractivity contribution < 1.29 is 6.85 Å². The average Bonchev–Trinajstić information content (AvgIpc) is 2.56. The summed E-state index contributed by atoms with van der Waals surface area (Å²) in [6, 6.07) is -0.508. The molecule has 0 aromatic carbocycles. The summed E-state index contributed by atoms with van der Waals surface area (Å²) in [5.74, 6) is 0. The van der Waals surface area contributed by atoms with Crippen LogP contribution in [-0.4, -0.2) is 9.97 Å². The van der Waals surface area contributed by atoms with E-state index in [2.05, 4.69) is 25.9 Å². The summed E-state index contributed by atoms with van der Waals surface area (Å²) >= 11 is 4.22. The number of pyridine rings is 1.